The minimum atomic E-state index is -1.09. The minimum Gasteiger partial charge on any atom is -0.489 e. The summed E-state index contributed by atoms with van der Waals surface area (Å²) in [4.78, 5) is 14.3. The van der Waals surface area contributed by atoms with E-state index in [1.165, 1.54) is 0 Å². The summed E-state index contributed by atoms with van der Waals surface area (Å²) in [5.74, 6) is 0.739. The van der Waals surface area contributed by atoms with E-state index in [2.05, 4.69) is 5.48 Å². The third-order valence-electron chi connectivity index (χ3n) is 7.76. The van der Waals surface area contributed by atoms with Crippen LogP contribution in [0.15, 0.2) is 51.7 Å². The van der Waals surface area contributed by atoms with Crippen molar-refractivity contribution in [2.24, 2.45) is 0 Å². The molecule has 6 rings (SSSR count). The molecule has 3 aliphatic rings. The monoisotopic (exact) mass is 505 g/mol. The van der Waals surface area contributed by atoms with Gasteiger partial charge in [-0.2, -0.15) is 0 Å². The molecule has 0 unspecified atom stereocenters. The van der Waals surface area contributed by atoms with E-state index in [1.54, 1.807) is 44.2 Å². The summed E-state index contributed by atoms with van der Waals surface area (Å²) < 4.78 is 18.9. The lowest BCUT2D eigenvalue weighted by Gasteiger charge is -2.24. The second kappa shape index (κ2) is 8.90. The Kier molecular flexibility index (Phi) is 5.78. The standard InChI is InChI=1S/C29H31NO7/c1-29(2,33)23-13-19-21(36-23)14-22-25(27(19)35-17-5-3-4-6-17)26(32)24-18(11-12-20(31)28(24)37-22)15-7-9-16(30-34)10-8-15/h7-12,14,17-18,20,23,30-31,33-34H,3-6,13H2,1-2H3/t18-,20-,23+/m1/s1. The number of benzene rings is 2. The van der Waals surface area contributed by atoms with Crippen molar-refractivity contribution in [3.8, 4) is 11.5 Å². The fraction of sp³-hybridized carbons (Fsp3) is 0.414. The van der Waals surface area contributed by atoms with Crippen LogP contribution >= 0.6 is 0 Å². The molecule has 2 aliphatic carbocycles. The van der Waals surface area contributed by atoms with E-state index >= 15 is 0 Å². The smallest absolute Gasteiger partial charge is 0.200 e. The number of aliphatic hydroxyl groups excluding tert-OH is 1. The lowest BCUT2D eigenvalue weighted by atomic mass is 9.84. The number of anilines is 1. The van der Waals surface area contributed by atoms with Crippen molar-refractivity contribution in [1.29, 1.82) is 0 Å². The predicted molar refractivity (Wildman–Crippen MR) is 138 cm³/mol. The Morgan fingerprint density at radius 2 is 1.84 bits per heavy atom. The van der Waals surface area contributed by atoms with E-state index in [-0.39, 0.29) is 17.3 Å². The van der Waals surface area contributed by atoms with Gasteiger partial charge in [-0.05, 0) is 57.2 Å². The van der Waals surface area contributed by atoms with E-state index in [4.69, 9.17) is 13.9 Å². The van der Waals surface area contributed by atoms with Crippen LogP contribution in [0.2, 0.25) is 0 Å². The van der Waals surface area contributed by atoms with Crippen LogP contribution in [0.25, 0.3) is 11.0 Å². The summed E-state index contributed by atoms with van der Waals surface area (Å²) >= 11 is 0. The number of ether oxygens (including phenoxy) is 2. The molecule has 1 fully saturated rings. The highest BCUT2D eigenvalue weighted by atomic mass is 16.5. The van der Waals surface area contributed by atoms with Crippen LogP contribution in [0.3, 0.4) is 0 Å². The lowest BCUT2D eigenvalue weighted by molar-refractivity contribution is -0.0229. The van der Waals surface area contributed by atoms with Gasteiger partial charge in [0.25, 0.3) is 0 Å². The maximum atomic E-state index is 14.3. The highest BCUT2D eigenvalue weighted by molar-refractivity contribution is 5.89. The SMILES string of the molecule is CC(C)(O)[C@@H]1Cc2c(cc3oc4c(c(=O)c3c2OC2CCCC2)[C@@H](c2ccc(NO)cc2)C=C[C@H]4O)O1. The Hall–Kier alpha value is -3.33. The number of hydrogen-bond acceptors (Lipinski definition) is 8. The van der Waals surface area contributed by atoms with E-state index in [0.29, 0.717) is 40.1 Å². The van der Waals surface area contributed by atoms with Gasteiger partial charge in [-0.3, -0.25) is 15.5 Å². The zero-order valence-electron chi connectivity index (χ0n) is 20.9. The normalized spacial score (nSPS) is 23.1. The van der Waals surface area contributed by atoms with Crippen molar-refractivity contribution < 1.29 is 29.3 Å². The third-order valence-corrected chi connectivity index (χ3v) is 7.76. The Labute approximate surface area is 214 Å². The fourth-order valence-electron chi connectivity index (χ4n) is 5.70. The van der Waals surface area contributed by atoms with Crippen molar-refractivity contribution in [2.45, 2.75) is 75.8 Å². The van der Waals surface area contributed by atoms with Crippen LogP contribution in [-0.2, 0) is 6.42 Å². The van der Waals surface area contributed by atoms with Gasteiger partial charge in [-0.1, -0.05) is 24.3 Å². The molecular weight excluding hydrogens is 474 g/mol. The Balaban J connectivity index is 1.56. The largest absolute Gasteiger partial charge is 0.489 e. The summed E-state index contributed by atoms with van der Waals surface area (Å²) in [6.07, 6.45) is 6.22. The van der Waals surface area contributed by atoms with Crippen LogP contribution in [0, 0.1) is 0 Å². The van der Waals surface area contributed by atoms with Crippen molar-refractivity contribution in [2.75, 3.05) is 5.48 Å². The van der Waals surface area contributed by atoms with E-state index in [0.717, 1.165) is 36.8 Å². The van der Waals surface area contributed by atoms with Gasteiger partial charge in [-0.15, -0.1) is 0 Å². The molecular formula is C29H31NO7. The quantitative estimate of drug-likeness (QED) is 0.290. The molecule has 0 amide bonds. The van der Waals surface area contributed by atoms with Gasteiger partial charge in [0, 0.05) is 24.0 Å². The van der Waals surface area contributed by atoms with Gasteiger partial charge in [0.05, 0.1) is 23.0 Å². The van der Waals surface area contributed by atoms with Gasteiger partial charge < -0.3 is 24.1 Å². The predicted octanol–water partition coefficient (Wildman–Crippen LogP) is 4.73. The molecule has 0 radical (unpaired) electrons. The molecule has 0 saturated heterocycles. The Morgan fingerprint density at radius 3 is 2.51 bits per heavy atom. The maximum Gasteiger partial charge on any atom is 0.200 e. The number of fused-ring (bicyclic) bond motifs is 3. The van der Waals surface area contributed by atoms with Crippen LogP contribution in [0.5, 0.6) is 11.5 Å². The van der Waals surface area contributed by atoms with E-state index < -0.39 is 23.7 Å². The van der Waals surface area contributed by atoms with Gasteiger partial charge >= 0.3 is 0 Å². The first-order chi connectivity index (χ1) is 17.7. The van der Waals surface area contributed by atoms with Crippen LogP contribution in [0.4, 0.5) is 5.69 Å². The molecule has 0 spiro atoms. The summed E-state index contributed by atoms with van der Waals surface area (Å²) in [7, 11) is 0. The molecule has 1 saturated carbocycles. The average molecular weight is 506 g/mol. The van der Waals surface area contributed by atoms with Gasteiger partial charge in [0.2, 0.25) is 5.43 Å². The Morgan fingerprint density at radius 1 is 1.11 bits per heavy atom. The van der Waals surface area contributed by atoms with E-state index in [9.17, 15) is 20.2 Å². The number of nitrogens with one attached hydrogen (secondary N) is 1. The molecule has 2 aromatic carbocycles. The molecule has 8 heteroatoms. The van der Waals surface area contributed by atoms with Gasteiger partial charge in [0.1, 0.15) is 40.4 Å². The third kappa shape index (κ3) is 4.09. The number of allylic oxidation sites excluding steroid dienone is 1. The molecule has 1 aliphatic heterocycles. The summed E-state index contributed by atoms with van der Waals surface area (Å²) in [6.45, 7) is 3.40. The highest BCUT2D eigenvalue weighted by Gasteiger charge is 2.39. The van der Waals surface area contributed by atoms with Gasteiger partial charge in [0.15, 0.2) is 0 Å². The zero-order valence-corrected chi connectivity index (χ0v) is 20.9. The van der Waals surface area contributed by atoms with Crippen molar-refractivity contribution in [1.82, 2.24) is 0 Å². The van der Waals surface area contributed by atoms with Crippen LogP contribution in [0.1, 0.15) is 74.0 Å². The van der Waals surface area contributed by atoms with Crippen molar-refractivity contribution >= 4 is 16.7 Å². The highest BCUT2D eigenvalue weighted by Crippen LogP contribution is 2.46. The van der Waals surface area contributed by atoms with Gasteiger partial charge in [-0.25, -0.2) is 0 Å². The number of rotatable bonds is 5. The molecule has 2 heterocycles. The summed E-state index contributed by atoms with van der Waals surface area (Å²) in [5, 5.41) is 30.9. The second-order valence-electron chi connectivity index (χ2n) is 10.8. The second-order valence-corrected chi connectivity index (χ2v) is 10.8. The topological polar surface area (TPSA) is 121 Å². The molecule has 1 aromatic heterocycles. The van der Waals surface area contributed by atoms with E-state index in [1.807, 2.05) is 12.1 Å². The molecule has 194 valence electrons. The fourth-order valence-corrected chi connectivity index (χ4v) is 5.70. The molecule has 37 heavy (non-hydrogen) atoms. The molecule has 0 bridgehead atoms. The first kappa shape index (κ1) is 24.0. The van der Waals surface area contributed by atoms with Crippen LogP contribution < -0.4 is 20.4 Å². The molecule has 4 N–H and O–H groups in total. The maximum absolute atomic E-state index is 14.3. The van der Waals surface area contributed by atoms with Crippen molar-refractivity contribution in [3.63, 3.8) is 0 Å². The first-order valence-electron chi connectivity index (χ1n) is 12.8. The molecule has 3 aromatic rings. The molecule has 8 nitrogen and oxygen atoms in total. The first-order valence-corrected chi connectivity index (χ1v) is 12.8. The number of hydrogen-bond donors (Lipinski definition) is 4. The van der Waals surface area contributed by atoms with Crippen molar-refractivity contribution in [3.05, 3.63) is 75.2 Å². The zero-order chi connectivity index (χ0) is 25.9. The van der Waals surface area contributed by atoms with Crippen LogP contribution in [-0.4, -0.2) is 33.2 Å². The Bertz CT molecular complexity index is 1430. The minimum absolute atomic E-state index is 0.00821. The molecule has 3 atom stereocenters. The summed E-state index contributed by atoms with van der Waals surface area (Å²) in [5.41, 5.74) is 3.53. The number of aliphatic hydroxyl groups is 2. The lowest BCUT2D eigenvalue weighted by Crippen LogP contribution is -2.39. The average Bonchev–Trinajstić information content (AvgIpc) is 3.55. The summed E-state index contributed by atoms with van der Waals surface area (Å²) in [6, 6.07) is 8.75.